The Morgan fingerprint density at radius 1 is 1.10 bits per heavy atom. The van der Waals surface area contributed by atoms with E-state index in [1.54, 1.807) is 4.90 Å². The molecule has 2 aliphatic heterocycles. The van der Waals surface area contributed by atoms with Gasteiger partial charge in [0.2, 0.25) is 21.8 Å². The van der Waals surface area contributed by atoms with Crippen LogP contribution in [0.3, 0.4) is 0 Å². The van der Waals surface area contributed by atoms with Gasteiger partial charge in [-0.3, -0.25) is 9.59 Å². The molecule has 0 radical (unpaired) electrons. The molecule has 31 heavy (non-hydrogen) atoms. The van der Waals surface area contributed by atoms with Gasteiger partial charge >= 0.3 is 0 Å². The van der Waals surface area contributed by atoms with Crippen molar-refractivity contribution in [3.8, 4) is 6.07 Å². The Balaban J connectivity index is 1.36. The molecule has 0 spiro atoms. The van der Waals surface area contributed by atoms with Crippen molar-refractivity contribution in [2.45, 2.75) is 21.5 Å². The van der Waals surface area contributed by atoms with E-state index in [9.17, 15) is 18.0 Å². The van der Waals surface area contributed by atoms with Gasteiger partial charge in [-0.25, -0.2) is 8.42 Å². The second-order valence-electron chi connectivity index (χ2n) is 7.22. The monoisotopic (exact) mass is 456 g/mol. The van der Waals surface area contributed by atoms with E-state index in [0.29, 0.717) is 5.56 Å². The molecule has 2 amide bonds. The largest absolute Gasteiger partial charge is 0.340 e. The molecule has 2 aromatic carbocycles. The molecule has 2 aliphatic rings. The molecule has 2 aromatic rings. The number of nitrogens with one attached hydrogen (secondary N) is 1. The summed E-state index contributed by atoms with van der Waals surface area (Å²) in [7, 11) is -3.69. The molecule has 0 aliphatic carbocycles. The first-order valence-electron chi connectivity index (χ1n) is 9.73. The minimum atomic E-state index is -3.69. The molecule has 1 N–H and O–H groups in total. The Hall–Kier alpha value is -2.87. The molecule has 0 aromatic heterocycles. The van der Waals surface area contributed by atoms with Crippen molar-refractivity contribution in [2.75, 3.05) is 31.5 Å². The third-order valence-corrected chi connectivity index (χ3v) is 8.47. The first-order valence-corrected chi connectivity index (χ1v) is 12.0. The van der Waals surface area contributed by atoms with Gasteiger partial charge in [-0.1, -0.05) is 12.1 Å². The van der Waals surface area contributed by atoms with Crippen LogP contribution in [0.5, 0.6) is 0 Å². The summed E-state index contributed by atoms with van der Waals surface area (Å²) < 4.78 is 27.0. The maximum atomic E-state index is 12.8. The topological polar surface area (TPSA) is 111 Å². The molecular formula is C21H20N4O4S2. The van der Waals surface area contributed by atoms with Gasteiger partial charge in [0, 0.05) is 37.5 Å². The zero-order chi connectivity index (χ0) is 22.0. The maximum Gasteiger partial charge on any atom is 0.243 e. The molecule has 1 saturated heterocycles. The van der Waals surface area contributed by atoms with Gasteiger partial charge in [0.25, 0.3) is 0 Å². The molecule has 1 atom stereocenters. The number of amides is 2. The highest BCUT2D eigenvalue weighted by atomic mass is 32.2. The number of anilines is 1. The van der Waals surface area contributed by atoms with Crippen LogP contribution in [0.1, 0.15) is 12.0 Å². The summed E-state index contributed by atoms with van der Waals surface area (Å²) in [5, 5.41) is 11.2. The van der Waals surface area contributed by atoms with Gasteiger partial charge < -0.3 is 10.2 Å². The number of nitrogens with zero attached hydrogens (tertiary/aromatic N) is 3. The molecule has 10 heteroatoms. The minimum Gasteiger partial charge on any atom is -0.340 e. The number of hydrogen-bond donors (Lipinski definition) is 1. The van der Waals surface area contributed by atoms with Crippen LogP contribution in [0.15, 0.2) is 58.3 Å². The molecule has 0 saturated carbocycles. The first-order chi connectivity index (χ1) is 14.9. The van der Waals surface area contributed by atoms with Crippen LogP contribution in [0.25, 0.3) is 0 Å². The highest BCUT2D eigenvalue weighted by Gasteiger charge is 2.33. The smallest absolute Gasteiger partial charge is 0.243 e. The summed E-state index contributed by atoms with van der Waals surface area (Å²) in [5.74, 6) is -0.360. The lowest BCUT2D eigenvalue weighted by Crippen LogP contribution is -2.51. The molecule has 1 fully saturated rings. The van der Waals surface area contributed by atoms with Crippen LogP contribution in [0, 0.1) is 11.3 Å². The van der Waals surface area contributed by atoms with Crippen molar-refractivity contribution in [1.29, 1.82) is 5.26 Å². The summed E-state index contributed by atoms with van der Waals surface area (Å²) in [6, 6.07) is 15.2. The fourth-order valence-electron chi connectivity index (χ4n) is 3.54. The predicted molar refractivity (Wildman–Crippen MR) is 116 cm³/mol. The van der Waals surface area contributed by atoms with Crippen molar-refractivity contribution in [2.24, 2.45) is 0 Å². The van der Waals surface area contributed by atoms with Gasteiger partial charge in [-0.15, -0.1) is 11.8 Å². The van der Waals surface area contributed by atoms with Crippen LogP contribution in [-0.4, -0.2) is 60.9 Å². The average Bonchev–Trinajstić information content (AvgIpc) is 2.79. The number of fused-ring (bicyclic) bond motifs is 1. The quantitative estimate of drug-likeness (QED) is 0.752. The molecule has 8 nitrogen and oxygen atoms in total. The number of piperazine rings is 1. The summed E-state index contributed by atoms with van der Waals surface area (Å²) in [6.45, 7) is 0.899. The first kappa shape index (κ1) is 21.4. The van der Waals surface area contributed by atoms with Crippen molar-refractivity contribution in [3.63, 3.8) is 0 Å². The zero-order valence-electron chi connectivity index (χ0n) is 16.5. The number of hydrogen-bond acceptors (Lipinski definition) is 6. The summed E-state index contributed by atoms with van der Waals surface area (Å²) in [4.78, 5) is 27.8. The van der Waals surface area contributed by atoms with Crippen molar-refractivity contribution in [1.82, 2.24) is 9.21 Å². The highest BCUT2D eigenvalue weighted by molar-refractivity contribution is 8.01. The van der Waals surface area contributed by atoms with Crippen LogP contribution < -0.4 is 5.32 Å². The summed E-state index contributed by atoms with van der Waals surface area (Å²) in [6.07, 6.45) is 0.0627. The number of thioether (sulfide) groups is 1. The Morgan fingerprint density at radius 2 is 1.77 bits per heavy atom. The van der Waals surface area contributed by atoms with Gasteiger partial charge in [-0.2, -0.15) is 9.57 Å². The Bertz CT molecular complexity index is 1150. The summed E-state index contributed by atoms with van der Waals surface area (Å²) >= 11 is 1.37. The van der Waals surface area contributed by atoms with E-state index in [2.05, 4.69) is 5.32 Å². The highest BCUT2D eigenvalue weighted by Crippen LogP contribution is 2.36. The Labute approximate surface area is 184 Å². The number of sulfonamides is 1. The maximum absolute atomic E-state index is 12.8. The number of para-hydroxylation sites is 1. The third-order valence-electron chi connectivity index (χ3n) is 5.28. The molecule has 4 rings (SSSR count). The van der Waals surface area contributed by atoms with E-state index >= 15 is 0 Å². The molecule has 0 bridgehead atoms. The van der Waals surface area contributed by atoms with E-state index in [-0.39, 0.29) is 49.3 Å². The molecule has 160 valence electrons. The lowest BCUT2D eigenvalue weighted by atomic mass is 10.2. The average molecular weight is 457 g/mol. The minimum absolute atomic E-state index is 0.0627. The van der Waals surface area contributed by atoms with Crippen LogP contribution >= 0.6 is 11.8 Å². The lowest BCUT2D eigenvalue weighted by Gasteiger charge is -2.35. The van der Waals surface area contributed by atoms with Crippen molar-refractivity contribution < 1.29 is 18.0 Å². The van der Waals surface area contributed by atoms with Crippen molar-refractivity contribution >= 4 is 39.3 Å². The SMILES string of the molecule is N#Cc1ccc(S(=O)(=O)N2CCN(C(=O)CC3Sc4ccccc4NC3=O)CC2)cc1. The number of rotatable bonds is 4. The predicted octanol–water partition coefficient (Wildman–Crippen LogP) is 1.89. The van der Waals surface area contributed by atoms with E-state index < -0.39 is 15.3 Å². The fraction of sp³-hybridized carbons (Fsp3) is 0.286. The molecule has 1 unspecified atom stereocenters. The number of carbonyl (C=O) groups is 2. The Morgan fingerprint density at radius 3 is 2.45 bits per heavy atom. The third kappa shape index (κ3) is 4.44. The van der Waals surface area contributed by atoms with E-state index in [4.69, 9.17) is 5.26 Å². The Kier molecular flexibility index (Phi) is 6.00. The van der Waals surface area contributed by atoms with Crippen molar-refractivity contribution in [3.05, 3.63) is 54.1 Å². The number of carbonyl (C=O) groups excluding carboxylic acids is 2. The van der Waals surface area contributed by atoms with Gasteiger partial charge in [0.15, 0.2) is 0 Å². The normalized spacial score (nSPS) is 19.3. The van der Waals surface area contributed by atoms with Gasteiger partial charge in [0.05, 0.1) is 27.5 Å². The second-order valence-corrected chi connectivity index (χ2v) is 10.4. The molecular weight excluding hydrogens is 436 g/mol. The standard InChI is InChI=1S/C21H20N4O4S2/c22-14-15-5-7-16(8-6-15)31(28,29)25-11-9-24(10-12-25)20(26)13-19-21(27)23-17-3-1-2-4-18(17)30-19/h1-8,19H,9-13H2,(H,23,27). The van der Waals surface area contributed by atoms with Crippen LogP contribution in [-0.2, 0) is 19.6 Å². The summed E-state index contributed by atoms with van der Waals surface area (Å²) in [5.41, 5.74) is 1.14. The zero-order valence-corrected chi connectivity index (χ0v) is 18.2. The number of benzene rings is 2. The lowest BCUT2D eigenvalue weighted by molar-refractivity contribution is -0.133. The van der Waals surface area contributed by atoms with E-state index in [1.165, 1.54) is 40.3 Å². The van der Waals surface area contributed by atoms with Crippen LogP contribution in [0.4, 0.5) is 5.69 Å². The van der Waals surface area contributed by atoms with E-state index in [1.807, 2.05) is 30.3 Å². The fourth-order valence-corrected chi connectivity index (χ4v) is 6.07. The van der Waals surface area contributed by atoms with Crippen LogP contribution in [0.2, 0.25) is 0 Å². The van der Waals surface area contributed by atoms with Gasteiger partial charge in [0.1, 0.15) is 0 Å². The second kappa shape index (κ2) is 8.70. The van der Waals surface area contributed by atoms with E-state index in [0.717, 1.165) is 10.6 Å². The van der Waals surface area contributed by atoms with Gasteiger partial charge in [-0.05, 0) is 36.4 Å². The number of nitriles is 1. The molecule has 2 heterocycles.